The van der Waals surface area contributed by atoms with Crippen LogP contribution >= 0.6 is 0 Å². The Bertz CT molecular complexity index is 979. The number of aryl methyl sites for hydroxylation is 3. The van der Waals surface area contributed by atoms with Crippen LogP contribution in [0.2, 0.25) is 0 Å². The van der Waals surface area contributed by atoms with Gasteiger partial charge < -0.3 is 9.42 Å². The van der Waals surface area contributed by atoms with Gasteiger partial charge in [0.25, 0.3) is 5.91 Å². The van der Waals surface area contributed by atoms with E-state index in [-0.39, 0.29) is 5.91 Å². The Hall–Kier alpha value is -3.16. The van der Waals surface area contributed by atoms with Crippen molar-refractivity contribution in [1.82, 2.24) is 30.0 Å². The van der Waals surface area contributed by atoms with Gasteiger partial charge in [0.15, 0.2) is 0 Å². The maximum absolute atomic E-state index is 12.6. The monoisotopic (exact) mass is 378 g/mol. The van der Waals surface area contributed by atoms with Crippen molar-refractivity contribution in [3.8, 4) is 11.3 Å². The van der Waals surface area contributed by atoms with Crippen molar-refractivity contribution in [3.63, 3.8) is 0 Å². The van der Waals surface area contributed by atoms with Crippen LogP contribution in [0.5, 0.6) is 0 Å². The van der Waals surface area contributed by atoms with Crippen molar-refractivity contribution in [1.29, 1.82) is 0 Å². The minimum Gasteiger partial charge on any atom is -0.361 e. The quantitative estimate of drug-likeness (QED) is 0.688. The fourth-order valence-corrected chi connectivity index (χ4v) is 3.64. The molecule has 0 aliphatic carbocycles. The third kappa shape index (κ3) is 3.62. The van der Waals surface area contributed by atoms with E-state index >= 15 is 0 Å². The Kier molecular flexibility index (Phi) is 4.85. The summed E-state index contributed by atoms with van der Waals surface area (Å²) in [6, 6.07) is 0. The number of likely N-dealkylation sites (tertiary alicyclic amines) is 1. The molecule has 0 radical (unpaired) electrons. The van der Waals surface area contributed by atoms with E-state index in [0.717, 1.165) is 47.8 Å². The summed E-state index contributed by atoms with van der Waals surface area (Å²) in [5.74, 6) is 1.73. The molecular formula is C20H22N6O2. The van der Waals surface area contributed by atoms with Gasteiger partial charge in [-0.1, -0.05) is 5.16 Å². The van der Waals surface area contributed by atoms with Crippen LogP contribution < -0.4 is 0 Å². The van der Waals surface area contributed by atoms with Gasteiger partial charge in [0.1, 0.15) is 11.6 Å². The molecule has 0 spiro atoms. The van der Waals surface area contributed by atoms with Crippen molar-refractivity contribution in [2.75, 3.05) is 13.1 Å². The maximum atomic E-state index is 12.6. The van der Waals surface area contributed by atoms with Gasteiger partial charge in [-0.3, -0.25) is 9.78 Å². The molecule has 1 aliphatic rings. The zero-order valence-corrected chi connectivity index (χ0v) is 16.2. The fourth-order valence-electron chi connectivity index (χ4n) is 3.64. The summed E-state index contributed by atoms with van der Waals surface area (Å²) in [5.41, 5.74) is 3.93. The van der Waals surface area contributed by atoms with Crippen LogP contribution in [0.3, 0.4) is 0 Å². The van der Waals surface area contributed by atoms with E-state index in [1.54, 1.807) is 31.7 Å². The molecule has 28 heavy (non-hydrogen) atoms. The third-order valence-electron chi connectivity index (χ3n) is 5.07. The minimum atomic E-state index is -0.0157. The second kappa shape index (κ2) is 7.46. The molecule has 8 nitrogen and oxygen atoms in total. The van der Waals surface area contributed by atoms with Gasteiger partial charge in [-0.25, -0.2) is 15.0 Å². The molecule has 144 valence electrons. The zero-order valence-electron chi connectivity index (χ0n) is 16.2. The number of rotatable bonds is 4. The summed E-state index contributed by atoms with van der Waals surface area (Å²) in [7, 11) is 0. The summed E-state index contributed by atoms with van der Waals surface area (Å²) >= 11 is 0. The van der Waals surface area contributed by atoms with Crippen LogP contribution in [0.15, 0.2) is 29.3 Å². The molecule has 3 aromatic rings. The maximum Gasteiger partial charge on any atom is 0.256 e. The zero-order chi connectivity index (χ0) is 19.7. The van der Waals surface area contributed by atoms with Gasteiger partial charge in [0.05, 0.1) is 34.4 Å². The first-order chi connectivity index (χ1) is 13.5. The number of nitrogens with zero attached hydrogens (tertiary/aromatic N) is 6. The van der Waals surface area contributed by atoms with Gasteiger partial charge >= 0.3 is 0 Å². The van der Waals surface area contributed by atoms with E-state index in [4.69, 9.17) is 9.51 Å². The summed E-state index contributed by atoms with van der Waals surface area (Å²) in [4.78, 5) is 31.8. The topological polar surface area (TPSA) is 97.9 Å². The molecule has 0 saturated carbocycles. The summed E-state index contributed by atoms with van der Waals surface area (Å²) < 4.78 is 5.24. The molecule has 0 unspecified atom stereocenters. The van der Waals surface area contributed by atoms with Crippen LogP contribution in [-0.4, -0.2) is 49.0 Å². The molecule has 4 heterocycles. The molecule has 4 rings (SSSR count). The number of carbonyl (C=O) groups excluding carboxylic acids is 1. The molecule has 8 heteroatoms. The Morgan fingerprint density at radius 1 is 1.18 bits per heavy atom. The highest BCUT2D eigenvalue weighted by atomic mass is 16.5. The van der Waals surface area contributed by atoms with Crippen LogP contribution in [0.25, 0.3) is 11.3 Å². The Labute approximate surface area is 163 Å². The highest BCUT2D eigenvalue weighted by Gasteiger charge is 2.28. The molecule has 1 amide bonds. The smallest absolute Gasteiger partial charge is 0.256 e. The first-order valence-corrected chi connectivity index (χ1v) is 9.33. The highest BCUT2D eigenvalue weighted by Crippen LogP contribution is 2.26. The van der Waals surface area contributed by atoms with Gasteiger partial charge in [-0.2, -0.15) is 0 Å². The Morgan fingerprint density at radius 3 is 2.68 bits per heavy atom. The van der Waals surface area contributed by atoms with Gasteiger partial charge in [0, 0.05) is 31.7 Å². The fraction of sp³-hybridized carbons (Fsp3) is 0.400. The summed E-state index contributed by atoms with van der Waals surface area (Å²) in [6.07, 6.45) is 8.43. The predicted octanol–water partition coefficient (Wildman–Crippen LogP) is 2.55. The van der Waals surface area contributed by atoms with Crippen molar-refractivity contribution < 1.29 is 9.32 Å². The number of aromatic nitrogens is 5. The van der Waals surface area contributed by atoms with Crippen molar-refractivity contribution in [2.45, 2.75) is 33.6 Å². The van der Waals surface area contributed by atoms with Crippen molar-refractivity contribution in [2.24, 2.45) is 5.92 Å². The summed E-state index contributed by atoms with van der Waals surface area (Å²) in [5, 5.41) is 3.99. The first-order valence-electron chi connectivity index (χ1n) is 9.33. The minimum absolute atomic E-state index is 0.0157. The van der Waals surface area contributed by atoms with Gasteiger partial charge in [0.2, 0.25) is 0 Å². The lowest BCUT2D eigenvalue weighted by Crippen LogP contribution is -2.29. The normalized spacial score (nSPS) is 16.5. The average molecular weight is 378 g/mol. The number of hydrogen-bond donors (Lipinski definition) is 0. The van der Waals surface area contributed by atoms with Crippen molar-refractivity contribution in [3.05, 3.63) is 53.3 Å². The molecule has 1 fully saturated rings. The van der Waals surface area contributed by atoms with Crippen molar-refractivity contribution >= 4 is 5.91 Å². The van der Waals surface area contributed by atoms with E-state index < -0.39 is 0 Å². The lowest BCUT2D eigenvalue weighted by Gasteiger charge is -2.16. The Balaban J connectivity index is 1.44. The lowest BCUT2D eigenvalue weighted by atomic mass is 10.0. The molecule has 1 atom stereocenters. The van der Waals surface area contributed by atoms with E-state index in [1.807, 2.05) is 18.7 Å². The first kappa shape index (κ1) is 18.2. The second-order valence-corrected chi connectivity index (χ2v) is 7.22. The van der Waals surface area contributed by atoms with Crippen LogP contribution in [0.1, 0.15) is 39.8 Å². The average Bonchev–Trinajstić information content (AvgIpc) is 3.28. The van der Waals surface area contributed by atoms with Crippen LogP contribution in [0.4, 0.5) is 0 Å². The molecule has 0 bridgehead atoms. The summed E-state index contributed by atoms with van der Waals surface area (Å²) in [6.45, 7) is 7.00. The van der Waals surface area contributed by atoms with E-state index in [2.05, 4.69) is 20.1 Å². The predicted molar refractivity (Wildman–Crippen MR) is 101 cm³/mol. The van der Waals surface area contributed by atoms with Crippen LogP contribution in [-0.2, 0) is 6.42 Å². The molecule has 0 aromatic carbocycles. The molecule has 1 aliphatic heterocycles. The molecule has 1 saturated heterocycles. The highest BCUT2D eigenvalue weighted by molar-refractivity contribution is 5.93. The van der Waals surface area contributed by atoms with Gasteiger partial charge in [-0.15, -0.1) is 0 Å². The number of hydrogen-bond acceptors (Lipinski definition) is 7. The molecular weight excluding hydrogens is 356 g/mol. The largest absolute Gasteiger partial charge is 0.361 e. The second-order valence-electron chi connectivity index (χ2n) is 7.22. The van der Waals surface area contributed by atoms with Crippen LogP contribution in [0, 0.1) is 26.7 Å². The Morgan fingerprint density at radius 2 is 1.96 bits per heavy atom. The van der Waals surface area contributed by atoms with Gasteiger partial charge in [-0.05, 0) is 39.5 Å². The standard InChI is InChI=1S/C20H22N6O2/c1-12-19(13(2)28-25-12)18-10-21-9-17(24-18)6-15-4-5-26(11-15)20(27)16-7-22-14(3)23-8-16/h7-10,15H,4-6,11H2,1-3H3/t15-/m1/s1. The number of amides is 1. The molecule has 3 aromatic heterocycles. The third-order valence-corrected chi connectivity index (χ3v) is 5.07. The van der Waals surface area contributed by atoms with E-state index in [9.17, 15) is 4.79 Å². The lowest BCUT2D eigenvalue weighted by molar-refractivity contribution is 0.0786. The SMILES string of the molecule is Cc1ncc(C(=O)N2CC[C@H](Cc3cncc(-c4c(C)noc4C)n3)C2)cn1. The number of carbonyl (C=O) groups is 1. The van der Waals surface area contributed by atoms with E-state index in [0.29, 0.717) is 23.9 Å². The molecule has 0 N–H and O–H groups in total. The van der Waals surface area contributed by atoms with E-state index in [1.165, 1.54) is 0 Å².